The molecule has 7 nitrogen and oxygen atoms in total. The first-order valence-electron chi connectivity index (χ1n) is 9.96. The van der Waals surface area contributed by atoms with Gasteiger partial charge in [0, 0.05) is 23.6 Å². The number of benzene rings is 2. The lowest BCUT2D eigenvalue weighted by molar-refractivity contribution is -0.132. The molecule has 1 aliphatic heterocycles. The number of aliphatic hydroxyl groups excluding tert-OH is 1. The molecule has 0 radical (unpaired) electrons. The predicted octanol–water partition coefficient (Wildman–Crippen LogP) is 4.03. The van der Waals surface area contributed by atoms with Crippen molar-refractivity contribution in [2.24, 2.45) is 0 Å². The number of Topliss-reactive ketones (excluding diaryl/α,β-unsaturated/α-hetero) is 1. The molecular formula is C25H22N2O5. The number of carbonyl (C=O) groups excluding carboxylic acids is 2. The molecule has 1 saturated heterocycles. The highest BCUT2D eigenvalue weighted by atomic mass is 16.5. The van der Waals surface area contributed by atoms with Crippen LogP contribution in [0.15, 0.2) is 72.6 Å². The van der Waals surface area contributed by atoms with Crippen molar-refractivity contribution >= 4 is 23.1 Å². The van der Waals surface area contributed by atoms with Crippen molar-refractivity contribution in [3.63, 3.8) is 0 Å². The second kappa shape index (κ2) is 8.55. The van der Waals surface area contributed by atoms with Crippen LogP contribution in [0.1, 0.15) is 22.7 Å². The van der Waals surface area contributed by atoms with E-state index < -0.39 is 17.7 Å². The monoisotopic (exact) mass is 430 g/mol. The van der Waals surface area contributed by atoms with Gasteiger partial charge in [-0.1, -0.05) is 6.07 Å². The maximum atomic E-state index is 13.2. The van der Waals surface area contributed by atoms with Crippen molar-refractivity contribution in [1.29, 1.82) is 0 Å². The van der Waals surface area contributed by atoms with E-state index in [1.807, 2.05) is 0 Å². The Morgan fingerprint density at radius 2 is 1.69 bits per heavy atom. The van der Waals surface area contributed by atoms with Crippen molar-refractivity contribution < 1.29 is 24.2 Å². The van der Waals surface area contributed by atoms with Crippen LogP contribution in [0.25, 0.3) is 5.76 Å². The summed E-state index contributed by atoms with van der Waals surface area (Å²) in [7, 11) is 3.10. The van der Waals surface area contributed by atoms with Crippen LogP contribution in [0.4, 0.5) is 5.69 Å². The first kappa shape index (κ1) is 21.1. The van der Waals surface area contributed by atoms with Gasteiger partial charge in [0.25, 0.3) is 11.7 Å². The van der Waals surface area contributed by atoms with E-state index in [4.69, 9.17) is 9.47 Å². The van der Waals surface area contributed by atoms with Crippen LogP contribution in [-0.2, 0) is 9.59 Å². The Hall–Kier alpha value is -4.13. The Morgan fingerprint density at radius 3 is 2.28 bits per heavy atom. The first-order chi connectivity index (χ1) is 15.5. The minimum atomic E-state index is -0.835. The molecule has 0 bridgehead atoms. The SMILES string of the molecule is COc1ccc(N2C(=O)C(=O)/C(=C(\O)c3ccc(OC)cc3C)C2c2cccnc2)cc1. The van der Waals surface area contributed by atoms with Gasteiger partial charge in [0.15, 0.2) is 0 Å². The standard InChI is InChI=1S/C25H22N2O5/c1-15-13-19(32-3)10-11-20(15)23(28)21-22(16-5-4-12-26-14-16)27(25(30)24(21)29)17-6-8-18(31-2)9-7-17/h4-14,22,28H,1-3H3/b23-21-. The number of anilines is 1. The van der Waals surface area contributed by atoms with Gasteiger partial charge in [-0.15, -0.1) is 0 Å². The summed E-state index contributed by atoms with van der Waals surface area (Å²) in [5.41, 5.74) is 2.28. The average Bonchev–Trinajstić information content (AvgIpc) is 3.09. The third-order valence-electron chi connectivity index (χ3n) is 5.48. The van der Waals surface area contributed by atoms with Gasteiger partial charge in [0.1, 0.15) is 17.3 Å². The van der Waals surface area contributed by atoms with E-state index in [1.54, 1.807) is 88.1 Å². The Bertz CT molecular complexity index is 1200. The topological polar surface area (TPSA) is 89.0 Å². The molecular weight excluding hydrogens is 408 g/mol. The second-order valence-electron chi connectivity index (χ2n) is 7.33. The number of pyridine rings is 1. The van der Waals surface area contributed by atoms with Crippen LogP contribution < -0.4 is 14.4 Å². The van der Waals surface area contributed by atoms with Gasteiger partial charge in [-0.05, 0) is 66.6 Å². The van der Waals surface area contributed by atoms with E-state index in [0.29, 0.717) is 33.9 Å². The molecule has 32 heavy (non-hydrogen) atoms. The third kappa shape index (κ3) is 3.58. The van der Waals surface area contributed by atoms with Crippen molar-refractivity contribution in [2.75, 3.05) is 19.1 Å². The van der Waals surface area contributed by atoms with Crippen LogP contribution in [-0.4, -0.2) is 36.0 Å². The normalized spacial score (nSPS) is 17.5. The third-order valence-corrected chi connectivity index (χ3v) is 5.48. The lowest BCUT2D eigenvalue weighted by Crippen LogP contribution is -2.29. The minimum absolute atomic E-state index is 0.00656. The molecule has 2 aromatic carbocycles. The number of methoxy groups -OCH3 is 2. The summed E-state index contributed by atoms with van der Waals surface area (Å²) in [6.07, 6.45) is 3.19. The molecule has 7 heteroatoms. The summed E-state index contributed by atoms with van der Waals surface area (Å²) in [5.74, 6) is -0.480. The second-order valence-corrected chi connectivity index (χ2v) is 7.33. The summed E-state index contributed by atoms with van der Waals surface area (Å²) in [6, 6.07) is 14.6. The van der Waals surface area contributed by atoms with Gasteiger partial charge in [0.2, 0.25) is 0 Å². The maximum absolute atomic E-state index is 13.2. The number of carbonyl (C=O) groups is 2. The van der Waals surface area contributed by atoms with Crippen molar-refractivity contribution in [3.8, 4) is 11.5 Å². The number of hydrogen-bond acceptors (Lipinski definition) is 6. The molecule has 1 aliphatic rings. The van der Waals surface area contributed by atoms with E-state index >= 15 is 0 Å². The van der Waals surface area contributed by atoms with Gasteiger partial charge >= 0.3 is 0 Å². The minimum Gasteiger partial charge on any atom is -0.507 e. The van der Waals surface area contributed by atoms with Gasteiger partial charge < -0.3 is 14.6 Å². The van der Waals surface area contributed by atoms with Crippen LogP contribution in [0.3, 0.4) is 0 Å². The van der Waals surface area contributed by atoms with Crippen LogP contribution in [0.2, 0.25) is 0 Å². The van der Waals surface area contributed by atoms with Gasteiger partial charge in [-0.2, -0.15) is 0 Å². The molecule has 1 unspecified atom stereocenters. The highest BCUT2D eigenvalue weighted by molar-refractivity contribution is 6.51. The molecule has 1 fully saturated rings. The number of nitrogens with zero attached hydrogens (tertiary/aromatic N) is 2. The highest BCUT2D eigenvalue weighted by Gasteiger charge is 2.47. The van der Waals surface area contributed by atoms with Crippen LogP contribution in [0.5, 0.6) is 11.5 Å². The number of hydrogen-bond donors (Lipinski definition) is 1. The number of aliphatic hydroxyl groups is 1. The number of aromatic nitrogens is 1. The van der Waals surface area contributed by atoms with Crippen LogP contribution in [0, 0.1) is 6.92 Å². The summed E-state index contributed by atoms with van der Waals surface area (Å²) in [6.45, 7) is 1.80. The fourth-order valence-electron chi connectivity index (χ4n) is 3.87. The molecule has 1 amide bonds. The zero-order chi connectivity index (χ0) is 22.8. The molecule has 0 spiro atoms. The van der Waals surface area contributed by atoms with E-state index in [0.717, 1.165) is 0 Å². The van der Waals surface area contributed by atoms with E-state index in [2.05, 4.69) is 4.98 Å². The highest BCUT2D eigenvalue weighted by Crippen LogP contribution is 2.42. The number of ether oxygens (including phenoxy) is 2. The predicted molar refractivity (Wildman–Crippen MR) is 120 cm³/mol. The maximum Gasteiger partial charge on any atom is 0.300 e. The van der Waals surface area contributed by atoms with Crippen molar-refractivity contribution in [3.05, 3.63) is 89.3 Å². The van der Waals surface area contributed by atoms with Gasteiger partial charge in [0.05, 0.1) is 25.8 Å². The summed E-state index contributed by atoms with van der Waals surface area (Å²) in [4.78, 5) is 31.8. The van der Waals surface area contributed by atoms with E-state index in [9.17, 15) is 14.7 Å². The molecule has 1 aromatic heterocycles. The molecule has 0 aliphatic carbocycles. The van der Waals surface area contributed by atoms with Crippen molar-refractivity contribution in [1.82, 2.24) is 4.98 Å². The Morgan fingerprint density at radius 1 is 1.00 bits per heavy atom. The fourth-order valence-corrected chi connectivity index (χ4v) is 3.87. The lowest BCUT2D eigenvalue weighted by atomic mass is 9.94. The number of aryl methyl sites for hydroxylation is 1. The molecule has 3 aromatic rings. The average molecular weight is 430 g/mol. The molecule has 0 saturated carbocycles. The molecule has 4 rings (SSSR count). The zero-order valence-corrected chi connectivity index (χ0v) is 17.9. The van der Waals surface area contributed by atoms with Crippen LogP contribution >= 0.6 is 0 Å². The van der Waals surface area contributed by atoms with E-state index in [1.165, 1.54) is 4.90 Å². The largest absolute Gasteiger partial charge is 0.507 e. The molecule has 162 valence electrons. The Kier molecular flexibility index (Phi) is 5.64. The zero-order valence-electron chi connectivity index (χ0n) is 17.9. The first-order valence-corrected chi connectivity index (χ1v) is 9.96. The number of rotatable bonds is 5. The molecule has 1 N–H and O–H groups in total. The molecule has 1 atom stereocenters. The Labute approximate surface area is 185 Å². The summed E-state index contributed by atoms with van der Waals surface area (Å²) < 4.78 is 10.4. The summed E-state index contributed by atoms with van der Waals surface area (Å²) in [5, 5.41) is 11.2. The molecule has 2 heterocycles. The lowest BCUT2D eigenvalue weighted by Gasteiger charge is -2.25. The summed E-state index contributed by atoms with van der Waals surface area (Å²) >= 11 is 0. The number of ketones is 1. The van der Waals surface area contributed by atoms with Gasteiger partial charge in [-0.25, -0.2) is 0 Å². The quantitative estimate of drug-likeness (QED) is 0.373. The van der Waals surface area contributed by atoms with Gasteiger partial charge in [-0.3, -0.25) is 19.5 Å². The smallest absolute Gasteiger partial charge is 0.300 e. The van der Waals surface area contributed by atoms with E-state index in [-0.39, 0.29) is 11.3 Å². The Balaban J connectivity index is 1.91. The number of amides is 1. The van der Waals surface area contributed by atoms with Crippen molar-refractivity contribution in [2.45, 2.75) is 13.0 Å². The fraction of sp³-hybridized carbons (Fsp3) is 0.160.